The van der Waals surface area contributed by atoms with Gasteiger partial charge in [-0.1, -0.05) is 24.3 Å². The Bertz CT molecular complexity index is 416. The van der Waals surface area contributed by atoms with Crippen molar-refractivity contribution in [3.63, 3.8) is 0 Å². The summed E-state index contributed by atoms with van der Waals surface area (Å²) in [6.45, 7) is 4.37. The van der Waals surface area contributed by atoms with Crippen molar-refractivity contribution in [1.29, 1.82) is 5.41 Å². The predicted octanol–water partition coefficient (Wildman–Crippen LogP) is 2.78. The number of hydrogen-bond donors (Lipinski definition) is 1. The molecule has 0 radical (unpaired) electrons. The Morgan fingerprint density at radius 1 is 1.19 bits per heavy atom. The van der Waals surface area contributed by atoms with E-state index in [1.54, 1.807) is 0 Å². The van der Waals surface area contributed by atoms with Crippen LogP contribution in [-0.2, 0) is 0 Å². The first-order valence-electron chi connectivity index (χ1n) is 6.16. The van der Waals surface area contributed by atoms with Crippen molar-refractivity contribution in [1.82, 2.24) is 4.90 Å². The SMILES string of the molecule is Cc1ccccc1C1C(=N)N2CCC1CC2. The molecule has 1 N–H and O–H groups in total. The topological polar surface area (TPSA) is 27.1 Å². The van der Waals surface area contributed by atoms with Crippen molar-refractivity contribution in [2.45, 2.75) is 25.7 Å². The van der Waals surface area contributed by atoms with Crippen LogP contribution in [0.5, 0.6) is 0 Å². The Balaban J connectivity index is 2.01. The maximum atomic E-state index is 8.29. The largest absolute Gasteiger partial charge is 0.360 e. The molecule has 3 fully saturated rings. The molecule has 2 nitrogen and oxygen atoms in total. The third-order valence-electron chi connectivity index (χ3n) is 4.17. The summed E-state index contributed by atoms with van der Waals surface area (Å²) >= 11 is 0. The summed E-state index contributed by atoms with van der Waals surface area (Å²) in [6.07, 6.45) is 2.53. The number of aryl methyl sites for hydroxylation is 1. The average molecular weight is 214 g/mol. The summed E-state index contributed by atoms with van der Waals surface area (Å²) in [5.41, 5.74) is 2.72. The van der Waals surface area contributed by atoms with Crippen LogP contribution >= 0.6 is 0 Å². The van der Waals surface area contributed by atoms with E-state index in [0.29, 0.717) is 11.8 Å². The smallest absolute Gasteiger partial charge is 0.104 e. The number of fused-ring (bicyclic) bond motifs is 3. The maximum Gasteiger partial charge on any atom is 0.104 e. The zero-order chi connectivity index (χ0) is 11.1. The zero-order valence-electron chi connectivity index (χ0n) is 9.74. The lowest BCUT2D eigenvalue weighted by atomic mass is 9.73. The minimum atomic E-state index is 0.365. The molecule has 4 rings (SSSR count). The quantitative estimate of drug-likeness (QED) is 0.764. The van der Waals surface area contributed by atoms with E-state index < -0.39 is 0 Å². The molecular weight excluding hydrogens is 196 g/mol. The van der Waals surface area contributed by atoms with Gasteiger partial charge in [-0.2, -0.15) is 0 Å². The van der Waals surface area contributed by atoms with E-state index in [2.05, 4.69) is 36.1 Å². The van der Waals surface area contributed by atoms with Crippen LogP contribution < -0.4 is 0 Å². The molecule has 3 heterocycles. The first kappa shape index (κ1) is 9.88. The number of piperidine rings is 3. The summed E-state index contributed by atoms with van der Waals surface area (Å²) < 4.78 is 0. The fourth-order valence-corrected chi connectivity index (χ4v) is 3.23. The highest BCUT2D eigenvalue weighted by atomic mass is 15.2. The Kier molecular flexibility index (Phi) is 2.23. The highest BCUT2D eigenvalue weighted by Gasteiger charge is 2.39. The number of nitrogens with zero attached hydrogens (tertiary/aromatic N) is 1. The van der Waals surface area contributed by atoms with E-state index in [0.717, 1.165) is 18.9 Å². The average Bonchev–Trinajstić information content (AvgIpc) is 2.32. The Morgan fingerprint density at radius 3 is 2.50 bits per heavy atom. The molecule has 1 aromatic rings. The van der Waals surface area contributed by atoms with Crippen LogP contribution in [0.15, 0.2) is 24.3 Å². The Labute approximate surface area is 96.8 Å². The molecule has 1 atom stereocenters. The molecule has 84 valence electrons. The van der Waals surface area contributed by atoms with Gasteiger partial charge in [0.15, 0.2) is 0 Å². The molecule has 3 aliphatic rings. The van der Waals surface area contributed by atoms with Crippen LogP contribution in [0.1, 0.15) is 29.9 Å². The van der Waals surface area contributed by atoms with Crippen molar-refractivity contribution in [3.05, 3.63) is 35.4 Å². The van der Waals surface area contributed by atoms with Gasteiger partial charge in [-0.3, -0.25) is 5.41 Å². The third-order valence-corrected chi connectivity index (χ3v) is 4.17. The summed E-state index contributed by atoms with van der Waals surface area (Å²) in [4.78, 5) is 2.26. The minimum absolute atomic E-state index is 0.365. The second kappa shape index (κ2) is 3.62. The number of nitrogens with one attached hydrogen (secondary N) is 1. The van der Waals surface area contributed by atoms with Gasteiger partial charge in [0.25, 0.3) is 0 Å². The molecule has 3 aliphatic heterocycles. The fourth-order valence-electron chi connectivity index (χ4n) is 3.23. The third kappa shape index (κ3) is 1.36. The summed E-state index contributed by atoms with van der Waals surface area (Å²) in [5.74, 6) is 1.93. The van der Waals surface area contributed by atoms with E-state index in [9.17, 15) is 0 Å². The van der Waals surface area contributed by atoms with Crippen molar-refractivity contribution >= 4 is 5.84 Å². The van der Waals surface area contributed by atoms with Crippen LogP contribution in [-0.4, -0.2) is 23.8 Å². The summed E-state index contributed by atoms with van der Waals surface area (Å²) in [6, 6.07) is 8.56. The molecule has 0 amide bonds. The molecule has 0 aromatic heterocycles. The molecule has 1 unspecified atom stereocenters. The lowest BCUT2D eigenvalue weighted by Crippen LogP contribution is -2.50. The van der Waals surface area contributed by atoms with Crippen LogP contribution in [0.3, 0.4) is 0 Å². The number of hydrogen-bond acceptors (Lipinski definition) is 1. The van der Waals surface area contributed by atoms with E-state index >= 15 is 0 Å². The van der Waals surface area contributed by atoms with Gasteiger partial charge in [0, 0.05) is 19.0 Å². The van der Waals surface area contributed by atoms with Crippen molar-refractivity contribution in [2.24, 2.45) is 5.92 Å². The number of amidine groups is 1. The molecule has 2 bridgehead atoms. The van der Waals surface area contributed by atoms with E-state index in [4.69, 9.17) is 5.41 Å². The lowest BCUT2D eigenvalue weighted by Gasteiger charge is -2.46. The van der Waals surface area contributed by atoms with Gasteiger partial charge < -0.3 is 4.90 Å². The van der Waals surface area contributed by atoms with Crippen LogP contribution in [0, 0.1) is 18.3 Å². The van der Waals surface area contributed by atoms with Gasteiger partial charge in [-0.05, 0) is 36.8 Å². The molecule has 16 heavy (non-hydrogen) atoms. The summed E-state index contributed by atoms with van der Waals surface area (Å²) in [5, 5.41) is 8.29. The fraction of sp³-hybridized carbons (Fsp3) is 0.500. The highest BCUT2D eigenvalue weighted by molar-refractivity contribution is 5.88. The Hall–Kier alpha value is -1.31. The molecule has 0 spiro atoms. The first-order valence-corrected chi connectivity index (χ1v) is 6.16. The maximum absolute atomic E-state index is 8.29. The van der Waals surface area contributed by atoms with Gasteiger partial charge >= 0.3 is 0 Å². The monoisotopic (exact) mass is 214 g/mol. The van der Waals surface area contributed by atoms with E-state index in [1.165, 1.54) is 24.0 Å². The zero-order valence-corrected chi connectivity index (χ0v) is 9.74. The Morgan fingerprint density at radius 2 is 1.88 bits per heavy atom. The molecule has 3 saturated heterocycles. The molecule has 1 aromatic carbocycles. The minimum Gasteiger partial charge on any atom is -0.360 e. The molecule has 2 heteroatoms. The summed E-state index contributed by atoms with van der Waals surface area (Å²) in [7, 11) is 0. The van der Waals surface area contributed by atoms with Crippen molar-refractivity contribution in [3.8, 4) is 0 Å². The molecule has 0 aliphatic carbocycles. The van der Waals surface area contributed by atoms with Crippen LogP contribution in [0.2, 0.25) is 0 Å². The van der Waals surface area contributed by atoms with Crippen molar-refractivity contribution in [2.75, 3.05) is 13.1 Å². The van der Waals surface area contributed by atoms with E-state index in [-0.39, 0.29) is 0 Å². The first-order chi connectivity index (χ1) is 7.77. The van der Waals surface area contributed by atoms with Gasteiger partial charge in [0.1, 0.15) is 5.84 Å². The molecular formula is C14H18N2. The predicted molar refractivity (Wildman–Crippen MR) is 65.9 cm³/mol. The number of benzene rings is 1. The van der Waals surface area contributed by atoms with Gasteiger partial charge in [0.05, 0.1) is 0 Å². The van der Waals surface area contributed by atoms with Gasteiger partial charge in [-0.15, -0.1) is 0 Å². The number of rotatable bonds is 1. The second-order valence-corrected chi connectivity index (χ2v) is 5.04. The van der Waals surface area contributed by atoms with Gasteiger partial charge in [-0.25, -0.2) is 0 Å². The van der Waals surface area contributed by atoms with Crippen LogP contribution in [0.4, 0.5) is 0 Å². The van der Waals surface area contributed by atoms with Gasteiger partial charge in [0.2, 0.25) is 0 Å². The second-order valence-electron chi connectivity index (χ2n) is 5.04. The normalized spacial score (nSPS) is 28.6. The highest BCUT2D eigenvalue weighted by Crippen LogP contribution is 2.40. The molecule has 0 saturated carbocycles. The van der Waals surface area contributed by atoms with Crippen molar-refractivity contribution < 1.29 is 0 Å². The lowest BCUT2D eigenvalue weighted by molar-refractivity contribution is 0.200. The van der Waals surface area contributed by atoms with E-state index in [1.807, 2.05) is 0 Å². The standard InChI is InChI=1S/C14H18N2/c1-10-4-2-3-5-12(10)13-11-6-8-16(9-7-11)14(13)15/h2-5,11,13,15H,6-9H2,1H3. The van der Waals surface area contributed by atoms with Crippen LogP contribution in [0.25, 0.3) is 0 Å².